The second-order valence-electron chi connectivity index (χ2n) is 8.08. The zero-order chi connectivity index (χ0) is 26.4. The number of carbonyl (C=O) groups is 2. The fraction of sp³-hybridized carbons (Fsp3) is 0.111. The van der Waals surface area contributed by atoms with Gasteiger partial charge in [-0.25, -0.2) is 14.0 Å². The largest absolute Gasteiger partial charge is 0.423 e. The maximum Gasteiger partial charge on any atom is 0.418 e. The second kappa shape index (κ2) is 9.23. The van der Waals surface area contributed by atoms with E-state index in [0.717, 1.165) is 0 Å². The molecule has 0 saturated heterocycles. The number of fused-ring (bicyclic) bond motifs is 3. The zero-order valence-electron chi connectivity index (χ0n) is 19.1. The van der Waals surface area contributed by atoms with Gasteiger partial charge in [0.2, 0.25) is 0 Å². The van der Waals surface area contributed by atoms with Crippen LogP contribution in [0.5, 0.6) is 11.5 Å². The number of thiophene rings is 1. The molecular weight excluding hydrogens is 496 g/mol. The lowest BCUT2D eigenvalue weighted by Gasteiger charge is -2.15. The Morgan fingerprint density at radius 1 is 0.806 bits per heavy atom. The molecule has 0 N–H and O–H groups in total. The van der Waals surface area contributed by atoms with Gasteiger partial charge in [0.15, 0.2) is 11.6 Å². The summed E-state index contributed by atoms with van der Waals surface area (Å²) in [6, 6.07) is 11.0. The van der Waals surface area contributed by atoms with Gasteiger partial charge in [-0.15, -0.1) is 11.3 Å². The van der Waals surface area contributed by atoms with Crippen molar-refractivity contribution in [2.75, 3.05) is 0 Å². The molecule has 0 bridgehead atoms. The lowest BCUT2D eigenvalue weighted by Crippen LogP contribution is -2.09. The van der Waals surface area contributed by atoms with Gasteiger partial charge >= 0.3 is 18.1 Å². The maximum atomic E-state index is 15.2. The highest BCUT2D eigenvalue weighted by atomic mass is 32.1. The molecule has 4 rings (SSSR count). The van der Waals surface area contributed by atoms with Gasteiger partial charge in [0.05, 0.1) is 10.3 Å². The second-order valence-corrected chi connectivity index (χ2v) is 9.10. The zero-order valence-corrected chi connectivity index (χ0v) is 19.9. The van der Waals surface area contributed by atoms with E-state index in [1.807, 2.05) is 0 Å². The first-order valence-corrected chi connectivity index (χ1v) is 11.3. The van der Waals surface area contributed by atoms with Crippen LogP contribution in [0, 0.1) is 5.82 Å². The number of benzene rings is 3. The van der Waals surface area contributed by atoms with Crippen LogP contribution < -0.4 is 9.47 Å². The third-order valence-corrected chi connectivity index (χ3v) is 6.50. The minimum absolute atomic E-state index is 0.0512. The first kappa shape index (κ1) is 25.1. The molecule has 0 fully saturated rings. The molecule has 0 aliphatic heterocycles. The van der Waals surface area contributed by atoms with Crippen LogP contribution in [0.4, 0.5) is 17.6 Å². The van der Waals surface area contributed by atoms with E-state index in [1.54, 1.807) is 0 Å². The Bertz CT molecular complexity index is 1560. The fourth-order valence-corrected chi connectivity index (χ4v) is 4.84. The Morgan fingerprint density at radius 2 is 1.36 bits per heavy atom. The highest BCUT2D eigenvalue weighted by molar-refractivity contribution is 7.26. The van der Waals surface area contributed by atoms with Gasteiger partial charge in [0.1, 0.15) is 5.75 Å². The van der Waals surface area contributed by atoms with Crippen molar-refractivity contribution in [1.82, 2.24) is 0 Å². The Hall–Kier alpha value is -3.98. The molecule has 0 aliphatic carbocycles. The molecule has 0 spiro atoms. The van der Waals surface area contributed by atoms with Crippen molar-refractivity contribution in [1.29, 1.82) is 0 Å². The summed E-state index contributed by atoms with van der Waals surface area (Å²) in [6.45, 7) is 9.79. The van der Waals surface area contributed by atoms with E-state index < -0.39 is 35.2 Å². The number of hydrogen-bond donors (Lipinski definition) is 0. The summed E-state index contributed by atoms with van der Waals surface area (Å²) >= 11 is 0.627. The van der Waals surface area contributed by atoms with Gasteiger partial charge in [-0.2, -0.15) is 13.2 Å². The number of carbonyl (C=O) groups excluding carboxylic acids is 2. The maximum absolute atomic E-state index is 15.2. The Balaban J connectivity index is 1.86. The van der Waals surface area contributed by atoms with E-state index in [0.29, 0.717) is 11.3 Å². The molecule has 0 radical (unpaired) electrons. The van der Waals surface area contributed by atoms with Gasteiger partial charge in [-0.1, -0.05) is 37.4 Å². The van der Waals surface area contributed by atoms with Crippen LogP contribution in [0.25, 0.3) is 31.3 Å². The molecule has 4 aromatic rings. The summed E-state index contributed by atoms with van der Waals surface area (Å²) in [6.07, 6.45) is -4.76. The fourth-order valence-electron chi connectivity index (χ4n) is 3.54. The molecule has 1 heterocycles. The summed E-state index contributed by atoms with van der Waals surface area (Å²) in [5, 5.41) is 0.483. The van der Waals surface area contributed by atoms with E-state index >= 15 is 4.39 Å². The molecule has 0 saturated carbocycles. The molecule has 0 amide bonds. The lowest BCUT2D eigenvalue weighted by molar-refractivity contribution is -0.135. The number of hydrogen-bond acceptors (Lipinski definition) is 5. The van der Waals surface area contributed by atoms with Crippen LogP contribution in [0.3, 0.4) is 0 Å². The van der Waals surface area contributed by atoms with Gasteiger partial charge in [-0.05, 0) is 49.2 Å². The number of esters is 2. The topological polar surface area (TPSA) is 52.6 Å². The Kier molecular flexibility index (Phi) is 6.44. The molecule has 36 heavy (non-hydrogen) atoms. The van der Waals surface area contributed by atoms with Crippen LogP contribution in [-0.2, 0) is 15.8 Å². The first-order valence-electron chi connectivity index (χ1n) is 10.5. The van der Waals surface area contributed by atoms with E-state index in [9.17, 15) is 22.8 Å². The molecule has 184 valence electrons. The summed E-state index contributed by atoms with van der Waals surface area (Å²) in [5.41, 5.74) is -0.580. The van der Waals surface area contributed by atoms with Crippen LogP contribution in [-0.4, -0.2) is 11.9 Å². The van der Waals surface area contributed by atoms with E-state index in [-0.39, 0.29) is 48.2 Å². The summed E-state index contributed by atoms with van der Waals surface area (Å²) in [4.78, 5) is 23.5. The summed E-state index contributed by atoms with van der Waals surface area (Å²) in [5.74, 6) is -2.66. The van der Waals surface area contributed by atoms with Crippen molar-refractivity contribution in [3.63, 3.8) is 0 Å². The Labute approximate surface area is 207 Å². The van der Waals surface area contributed by atoms with Crippen LogP contribution in [0.15, 0.2) is 72.8 Å². The predicted molar refractivity (Wildman–Crippen MR) is 131 cm³/mol. The van der Waals surface area contributed by atoms with Crippen molar-refractivity contribution in [3.8, 4) is 22.6 Å². The lowest BCUT2D eigenvalue weighted by atomic mass is 9.97. The van der Waals surface area contributed by atoms with E-state index in [1.165, 1.54) is 62.4 Å². The minimum atomic E-state index is -4.76. The van der Waals surface area contributed by atoms with Gasteiger partial charge in [0.25, 0.3) is 0 Å². The molecule has 0 atom stereocenters. The SMILES string of the molecule is C=C(C)C(=O)Oc1ccc(-c2ccc3c(sc4c(F)c(OC(=O)C(=C)C)ccc43)c2C(F)(F)F)cc1. The van der Waals surface area contributed by atoms with Crippen molar-refractivity contribution in [2.24, 2.45) is 0 Å². The third kappa shape index (κ3) is 4.61. The van der Waals surface area contributed by atoms with Crippen LogP contribution in [0.2, 0.25) is 0 Å². The average Bonchev–Trinajstić information content (AvgIpc) is 3.19. The normalized spacial score (nSPS) is 11.5. The summed E-state index contributed by atoms with van der Waals surface area (Å²) < 4.78 is 68.0. The average molecular weight is 514 g/mol. The molecule has 0 unspecified atom stereocenters. The monoisotopic (exact) mass is 514 g/mol. The number of ether oxygens (including phenoxy) is 2. The van der Waals surface area contributed by atoms with Crippen molar-refractivity contribution < 1.29 is 36.6 Å². The molecule has 1 aromatic heterocycles. The van der Waals surface area contributed by atoms with Crippen molar-refractivity contribution in [3.05, 3.63) is 84.2 Å². The molecule has 9 heteroatoms. The van der Waals surface area contributed by atoms with Crippen LogP contribution in [0.1, 0.15) is 19.4 Å². The highest BCUT2D eigenvalue weighted by Gasteiger charge is 2.37. The molecular formula is C27H18F4O4S. The van der Waals surface area contributed by atoms with E-state index in [4.69, 9.17) is 9.47 Å². The number of alkyl halides is 3. The van der Waals surface area contributed by atoms with Crippen molar-refractivity contribution in [2.45, 2.75) is 20.0 Å². The molecule has 4 nitrogen and oxygen atoms in total. The molecule has 0 aliphatic rings. The van der Waals surface area contributed by atoms with Crippen LogP contribution >= 0.6 is 11.3 Å². The van der Waals surface area contributed by atoms with Gasteiger partial charge in [-0.3, -0.25) is 0 Å². The Morgan fingerprint density at radius 3 is 1.94 bits per heavy atom. The first-order chi connectivity index (χ1) is 16.9. The summed E-state index contributed by atoms with van der Waals surface area (Å²) in [7, 11) is 0. The van der Waals surface area contributed by atoms with Crippen molar-refractivity contribution >= 4 is 43.4 Å². The van der Waals surface area contributed by atoms with Gasteiger partial charge < -0.3 is 9.47 Å². The standard InChI is InChI=1S/C27H18F4O4S/c1-13(2)25(32)34-16-7-5-15(6-8-16)17-9-10-18-19-11-12-20(35-26(33)14(3)4)22(28)24(19)36-23(18)21(17)27(29,30)31/h5-12H,1,3H2,2,4H3. The predicted octanol–water partition coefficient (Wildman–Crippen LogP) is 7.84. The highest BCUT2D eigenvalue weighted by Crippen LogP contribution is 2.48. The number of rotatable bonds is 5. The number of halogens is 4. The molecule has 3 aromatic carbocycles. The smallest absolute Gasteiger partial charge is 0.418 e. The minimum Gasteiger partial charge on any atom is -0.423 e. The quantitative estimate of drug-likeness (QED) is 0.118. The third-order valence-electron chi connectivity index (χ3n) is 5.27. The van der Waals surface area contributed by atoms with Gasteiger partial charge in [0, 0.05) is 26.6 Å². The van der Waals surface area contributed by atoms with E-state index in [2.05, 4.69) is 13.2 Å².